The lowest BCUT2D eigenvalue weighted by molar-refractivity contribution is 0.0942. The van der Waals surface area contributed by atoms with E-state index in [9.17, 15) is 4.79 Å². The predicted octanol–water partition coefficient (Wildman–Crippen LogP) is 1.94. The third-order valence-electron chi connectivity index (χ3n) is 3.77. The molecule has 0 aliphatic heterocycles. The molecule has 4 heteroatoms. The Morgan fingerprint density at radius 2 is 2.11 bits per heavy atom. The largest absolute Gasteiger partial charge is 0.497 e. The first-order valence-electron chi connectivity index (χ1n) is 6.87. The van der Waals surface area contributed by atoms with Crippen LogP contribution in [-0.2, 0) is 0 Å². The number of ether oxygens (including phenoxy) is 1. The maximum absolute atomic E-state index is 12.0. The monoisotopic (exact) mass is 262 g/mol. The molecular formula is C15H22N2O2. The van der Waals surface area contributed by atoms with Gasteiger partial charge in [-0.3, -0.25) is 4.79 Å². The standard InChI is InChI=1S/C15H22N2O2/c1-19-14-4-2-3-12(9-14)15(18)17-10-11-5-7-13(16)8-6-11/h2-4,9,11,13H,5-8,10,16H2,1H3,(H,17,18). The minimum Gasteiger partial charge on any atom is -0.497 e. The Hall–Kier alpha value is -1.55. The first-order valence-corrected chi connectivity index (χ1v) is 6.87. The Morgan fingerprint density at radius 1 is 1.37 bits per heavy atom. The molecule has 0 unspecified atom stereocenters. The number of carbonyl (C=O) groups excluding carboxylic acids is 1. The van der Waals surface area contributed by atoms with Crippen LogP contribution in [0.25, 0.3) is 0 Å². The molecule has 19 heavy (non-hydrogen) atoms. The highest BCUT2D eigenvalue weighted by Crippen LogP contribution is 2.22. The summed E-state index contributed by atoms with van der Waals surface area (Å²) in [6.45, 7) is 0.739. The third-order valence-corrected chi connectivity index (χ3v) is 3.77. The van der Waals surface area contributed by atoms with Crippen LogP contribution >= 0.6 is 0 Å². The van der Waals surface area contributed by atoms with Gasteiger partial charge in [0.1, 0.15) is 5.75 Å². The van der Waals surface area contributed by atoms with Crippen molar-refractivity contribution in [3.05, 3.63) is 29.8 Å². The van der Waals surface area contributed by atoms with Crippen LogP contribution in [0.15, 0.2) is 24.3 Å². The van der Waals surface area contributed by atoms with Crippen molar-refractivity contribution in [3.8, 4) is 5.75 Å². The molecule has 3 N–H and O–H groups in total. The molecule has 1 saturated carbocycles. The molecule has 0 bridgehead atoms. The fourth-order valence-electron chi connectivity index (χ4n) is 2.50. The fraction of sp³-hybridized carbons (Fsp3) is 0.533. The van der Waals surface area contributed by atoms with Gasteiger partial charge >= 0.3 is 0 Å². The Labute approximate surface area is 114 Å². The smallest absolute Gasteiger partial charge is 0.251 e. The molecule has 1 aromatic carbocycles. The van der Waals surface area contributed by atoms with E-state index in [2.05, 4.69) is 5.32 Å². The van der Waals surface area contributed by atoms with Gasteiger partial charge in [-0.1, -0.05) is 6.07 Å². The molecule has 1 fully saturated rings. The number of amides is 1. The summed E-state index contributed by atoms with van der Waals surface area (Å²) >= 11 is 0. The van der Waals surface area contributed by atoms with Crippen molar-refractivity contribution >= 4 is 5.91 Å². The summed E-state index contributed by atoms with van der Waals surface area (Å²) in [4.78, 5) is 12.0. The SMILES string of the molecule is COc1cccc(C(=O)NCC2CCC(N)CC2)c1. The van der Waals surface area contributed by atoms with Gasteiger partial charge in [-0.15, -0.1) is 0 Å². The lowest BCUT2D eigenvalue weighted by atomic mass is 9.86. The lowest BCUT2D eigenvalue weighted by Crippen LogP contribution is -2.34. The predicted molar refractivity (Wildman–Crippen MR) is 75.3 cm³/mol. The van der Waals surface area contributed by atoms with Crippen molar-refractivity contribution in [2.75, 3.05) is 13.7 Å². The first kappa shape index (κ1) is 13.9. The second kappa shape index (κ2) is 6.57. The number of hydrogen-bond acceptors (Lipinski definition) is 3. The number of nitrogens with two attached hydrogens (primary N) is 1. The van der Waals surface area contributed by atoms with E-state index in [0.29, 0.717) is 23.3 Å². The van der Waals surface area contributed by atoms with Crippen molar-refractivity contribution in [2.24, 2.45) is 11.7 Å². The zero-order chi connectivity index (χ0) is 13.7. The lowest BCUT2D eigenvalue weighted by Gasteiger charge is -2.26. The molecule has 1 aliphatic carbocycles. The zero-order valence-electron chi connectivity index (χ0n) is 11.4. The average molecular weight is 262 g/mol. The minimum absolute atomic E-state index is 0.0335. The van der Waals surface area contributed by atoms with Gasteiger partial charge in [0.05, 0.1) is 7.11 Å². The fourth-order valence-corrected chi connectivity index (χ4v) is 2.50. The van der Waals surface area contributed by atoms with E-state index in [-0.39, 0.29) is 5.91 Å². The van der Waals surface area contributed by atoms with Gasteiger partial charge in [0.15, 0.2) is 0 Å². The van der Waals surface area contributed by atoms with E-state index in [1.165, 1.54) is 0 Å². The summed E-state index contributed by atoms with van der Waals surface area (Å²) in [5, 5.41) is 3.00. The van der Waals surface area contributed by atoms with Crippen molar-refractivity contribution in [3.63, 3.8) is 0 Å². The second-order valence-electron chi connectivity index (χ2n) is 5.22. The molecule has 1 aliphatic rings. The van der Waals surface area contributed by atoms with Gasteiger partial charge in [-0.25, -0.2) is 0 Å². The van der Waals surface area contributed by atoms with E-state index in [1.54, 1.807) is 19.2 Å². The van der Waals surface area contributed by atoms with E-state index in [1.807, 2.05) is 12.1 Å². The Kier molecular flexibility index (Phi) is 4.80. The molecule has 0 spiro atoms. The van der Waals surface area contributed by atoms with Crippen LogP contribution in [0.2, 0.25) is 0 Å². The number of hydrogen-bond donors (Lipinski definition) is 2. The maximum Gasteiger partial charge on any atom is 0.251 e. The first-order chi connectivity index (χ1) is 9.19. The minimum atomic E-state index is -0.0335. The van der Waals surface area contributed by atoms with Crippen LogP contribution in [0.1, 0.15) is 36.0 Å². The summed E-state index contributed by atoms with van der Waals surface area (Å²) in [7, 11) is 1.60. The summed E-state index contributed by atoms with van der Waals surface area (Å²) in [5.41, 5.74) is 6.52. The highest BCUT2D eigenvalue weighted by Gasteiger charge is 2.19. The average Bonchev–Trinajstić information content (AvgIpc) is 2.46. The van der Waals surface area contributed by atoms with Crippen molar-refractivity contribution in [1.82, 2.24) is 5.32 Å². The molecule has 0 saturated heterocycles. The summed E-state index contributed by atoms with van der Waals surface area (Å²) in [5.74, 6) is 1.24. The van der Waals surface area contributed by atoms with Gasteiger partial charge < -0.3 is 15.8 Å². The van der Waals surface area contributed by atoms with Gasteiger partial charge in [-0.05, 0) is 49.8 Å². The quantitative estimate of drug-likeness (QED) is 0.871. The molecule has 1 aromatic rings. The highest BCUT2D eigenvalue weighted by atomic mass is 16.5. The normalized spacial score (nSPS) is 22.8. The molecule has 0 heterocycles. The molecule has 1 amide bonds. The third kappa shape index (κ3) is 3.96. The van der Waals surface area contributed by atoms with Gasteiger partial charge in [0.25, 0.3) is 5.91 Å². The Morgan fingerprint density at radius 3 is 2.79 bits per heavy atom. The molecule has 0 radical (unpaired) electrons. The van der Waals surface area contributed by atoms with Crippen LogP contribution in [0.3, 0.4) is 0 Å². The summed E-state index contributed by atoms with van der Waals surface area (Å²) in [6.07, 6.45) is 4.36. The number of nitrogens with one attached hydrogen (secondary N) is 1. The van der Waals surface area contributed by atoms with Crippen LogP contribution in [-0.4, -0.2) is 25.6 Å². The number of carbonyl (C=O) groups is 1. The molecular weight excluding hydrogens is 240 g/mol. The molecule has 0 atom stereocenters. The van der Waals surface area contributed by atoms with Gasteiger partial charge in [0, 0.05) is 18.2 Å². The van der Waals surface area contributed by atoms with E-state index >= 15 is 0 Å². The van der Waals surface area contributed by atoms with E-state index in [0.717, 1.165) is 32.2 Å². The zero-order valence-corrected chi connectivity index (χ0v) is 11.4. The van der Waals surface area contributed by atoms with E-state index in [4.69, 9.17) is 10.5 Å². The molecule has 0 aromatic heterocycles. The van der Waals surface area contributed by atoms with E-state index < -0.39 is 0 Å². The number of rotatable bonds is 4. The van der Waals surface area contributed by atoms with Crippen molar-refractivity contribution in [1.29, 1.82) is 0 Å². The summed E-state index contributed by atoms with van der Waals surface area (Å²) < 4.78 is 5.12. The highest BCUT2D eigenvalue weighted by molar-refractivity contribution is 5.94. The van der Waals surface area contributed by atoms with Crippen LogP contribution in [0.4, 0.5) is 0 Å². The van der Waals surface area contributed by atoms with Crippen molar-refractivity contribution < 1.29 is 9.53 Å². The molecule has 2 rings (SSSR count). The van der Waals surface area contributed by atoms with Crippen LogP contribution in [0.5, 0.6) is 5.75 Å². The van der Waals surface area contributed by atoms with Crippen molar-refractivity contribution in [2.45, 2.75) is 31.7 Å². The van der Waals surface area contributed by atoms with Crippen LogP contribution < -0.4 is 15.8 Å². The van der Waals surface area contributed by atoms with Crippen LogP contribution in [0, 0.1) is 5.92 Å². The van der Waals surface area contributed by atoms with Gasteiger partial charge in [0.2, 0.25) is 0 Å². The molecule has 104 valence electrons. The Bertz CT molecular complexity index is 426. The van der Waals surface area contributed by atoms with Gasteiger partial charge in [-0.2, -0.15) is 0 Å². The topological polar surface area (TPSA) is 64.3 Å². The summed E-state index contributed by atoms with van der Waals surface area (Å²) in [6, 6.07) is 7.57. The number of benzene rings is 1. The second-order valence-corrected chi connectivity index (χ2v) is 5.22. The maximum atomic E-state index is 12.0. The number of methoxy groups -OCH3 is 1. The molecule has 4 nitrogen and oxygen atoms in total. The Balaban J connectivity index is 1.83.